The van der Waals surface area contributed by atoms with Gasteiger partial charge in [-0.25, -0.2) is 4.39 Å². The molecule has 0 unspecified atom stereocenters. The monoisotopic (exact) mass is 409 g/mol. The normalized spacial score (nSPS) is 39.5. The molecular weight excluding hydrogens is 396 g/mol. The Bertz CT molecular complexity index is 561. The minimum absolute atomic E-state index is 0.263. The Hall–Kier alpha value is -1.06. The molecule has 4 atom stereocenters. The van der Waals surface area contributed by atoms with Gasteiger partial charge in [-0.3, -0.25) is 14.5 Å². The number of ketones is 1. The number of carbonyl (C=O) groups excluding carboxylic acids is 2. The molecule has 2 heterocycles. The first-order valence-corrected chi connectivity index (χ1v) is 7.53. The summed E-state index contributed by atoms with van der Waals surface area (Å²) in [5.74, 6) is -3.60. The van der Waals surface area contributed by atoms with Crippen LogP contribution in [0.25, 0.3) is 0 Å². The highest BCUT2D eigenvalue weighted by Crippen LogP contribution is 2.43. The molecule has 1 amide bonds. The highest BCUT2D eigenvalue weighted by atomic mass is 127. The van der Waals surface area contributed by atoms with E-state index in [2.05, 4.69) is 12.3 Å². The van der Waals surface area contributed by atoms with E-state index in [-0.39, 0.29) is 4.43 Å². The van der Waals surface area contributed by atoms with Crippen LogP contribution in [0.1, 0.15) is 6.42 Å². The molecule has 0 aliphatic carbocycles. The number of allylic oxidation sites excluding steroid dienone is 1. The molecule has 0 spiro atoms. The van der Waals surface area contributed by atoms with E-state index >= 15 is 0 Å². The predicted molar refractivity (Wildman–Crippen MR) is 77.9 cm³/mol. The lowest BCUT2D eigenvalue weighted by Gasteiger charge is -2.34. The molecular formula is C13H13FINO5. The van der Waals surface area contributed by atoms with Crippen LogP contribution in [0.4, 0.5) is 4.39 Å². The molecule has 6 nitrogen and oxygen atoms in total. The summed E-state index contributed by atoms with van der Waals surface area (Å²) in [7, 11) is 0. The van der Waals surface area contributed by atoms with Crippen LogP contribution in [0, 0.1) is 0 Å². The number of rotatable bonds is 3. The number of carbonyl (C=O) groups is 2. The zero-order valence-electron chi connectivity index (χ0n) is 10.8. The molecule has 2 aliphatic rings. The van der Waals surface area contributed by atoms with Crippen LogP contribution in [0.2, 0.25) is 0 Å². The molecule has 2 aliphatic heterocycles. The first-order chi connectivity index (χ1) is 9.78. The smallest absolute Gasteiger partial charge is 0.249 e. The Morgan fingerprint density at radius 1 is 1.67 bits per heavy atom. The van der Waals surface area contributed by atoms with Gasteiger partial charge in [0, 0.05) is 6.20 Å². The Morgan fingerprint density at radius 3 is 2.86 bits per heavy atom. The zero-order chi connectivity index (χ0) is 15.8. The van der Waals surface area contributed by atoms with Crippen molar-refractivity contribution in [1.29, 1.82) is 0 Å². The number of aliphatic hydroxyl groups is 2. The summed E-state index contributed by atoms with van der Waals surface area (Å²) in [5, 5.41) is 20.6. The van der Waals surface area contributed by atoms with E-state index in [9.17, 15) is 24.2 Å². The van der Waals surface area contributed by atoms with Crippen molar-refractivity contribution in [3.63, 3.8) is 0 Å². The number of alkyl halides is 2. The molecule has 0 aromatic rings. The topological polar surface area (TPSA) is 87.1 Å². The second kappa shape index (κ2) is 5.62. The summed E-state index contributed by atoms with van der Waals surface area (Å²) in [5.41, 5.74) is 0.0518. The maximum absolute atomic E-state index is 14.5. The minimum atomic E-state index is -2.54. The average molecular weight is 409 g/mol. The predicted octanol–water partition coefficient (Wildman–Crippen LogP) is 0.192. The van der Waals surface area contributed by atoms with Gasteiger partial charge >= 0.3 is 0 Å². The average Bonchev–Trinajstić information content (AvgIpc) is 2.62. The molecule has 1 fully saturated rings. The number of halogens is 2. The fraction of sp³-hybridized carbons (Fsp3) is 0.462. The molecule has 0 bridgehead atoms. The second-order valence-corrected chi connectivity index (χ2v) is 5.55. The third kappa shape index (κ3) is 2.58. The van der Waals surface area contributed by atoms with Gasteiger partial charge in [-0.15, -0.1) is 5.73 Å². The van der Waals surface area contributed by atoms with Gasteiger partial charge in [-0.05, 0) is 12.2 Å². The van der Waals surface area contributed by atoms with E-state index in [4.69, 9.17) is 4.74 Å². The fourth-order valence-electron chi connectivity index (χ4n) is 2.28. The number of nitrogens with zero attached hydrogens (tertiary/aromatic N) is 1. The van der Waals surface area contributed by atoms with E-state index in [0.717, 1.165) is 23.3 Å². The second-order valence-electron chi connectivity index (χ2n) is 4.79. The number of hydrogen-bond donors (Lipinski definition) is 2. The lowest BCUT2D eigenvalue weighted by molar-refractivity contribution is -0.183. The Kier molecular flexibility index (Phi) is 4.36. The van der Waals surface area contributed by atoms with Crippen LogP contribution >= 0.6 is 22.6 Å². The molecule has 1 saturated heterocycles. The Morgan fingerprint density at radius 2 is 2.33 bits per heavy atom. The molecule has 0 saturated carbocycles. The van der Waals surface area contributed by atoms with Crippen molar-refractivity contribution in [3.8, 4) is 0 Å². The van der Waals surface area contributed by atoms with E-state index < -0.39 is 41.9 Å². The summed E-state index contributed by atoms with van der Waals surface area (Å²) in [6, 6.07) is 0. The van der Waals surface area contributed by atoms with Gasteiger partial charge in [-0.2, -0.15) is 0 Å². The van der Waals surface area contributed by atoms with Crippen molar-refractivity contribution < 1.29 is 28.9 Å². The van der Waals surface area contributed by atoms with E-state index in [0.29, 0.717) is 0 Å². The van der Waals surface area contributed by atoms with Crippen molar-refractivity contribution >= 4 is 34.3 Å². The highest BCUT2D eigenvalue weighted by molar-refractivity contribution is 14.1. The zero-order valence-corrected chi connectivity index (χ0v) is 13.0. The van der Waals surface area contributed by atoms with Crippen molar-refractivity contribution in [2.45, 2.75) is 30.2 Å². The van der Waals surface area contributed by atoms with Gasteiger partial charge in [0.25, 0.3) is 0 Å². The maximum Gasteiger partial charge on any atom is 0.249 e. The molecule has 0 aromatic heterocycles. The van der Waals surface area contributed by atoms with E-state index in [1.54, 1.807) is 22.6 Å². The summed E-state index contributed by atoms with van der Waals surface area (Å²) in [6.07, 6.45) is -0.681. The number of amides is 1. The lowest BCUT2D eigenvalue weighted by atomic mass is 9.92. The Balaban J connectivity index is 2.46. The molecule has 2 N–H and O–H groups in total. The molecule has 0 aromatic carbocycles. The van der Waals surface area contributed by atoms with Crippen molar-refractivity contribution in [1.82, 2.24) is 4.90 Å². The Labute approximate surface area is 133 Å². The van der Waals surface area contributed by atoms with Gasteiger partial charge in [0.05, 0.1) is 10.8 Å². The number of ether oxygens (including phenoxy) is 1. The minimum Gasteiger partial charge on any atom is -0.384 e. The summed E-state index contributed by atoms with van der Waals surface area (Å²) < 4.78 is 19.4. The fourth-order valence-corrected chi connectivity index (χ4v) is 2.87. The van der Waals surface area contributed by atoms with Crippen LogP contribution in [0.15, 0.2) is 30.7 Å². The number of hydrogen-bond acceptors (Lipinski definition) is 5. The third-order valence-electron chi connectivity index (χ3n) is 3.35. The van der Waals surface area contributed by atoms with E-state index in [1.165, 1.54) is 0 Å². The van der Waals surface area contributed by atoms with Crippen molar-refractivity contribution in [3.05, 3.63) is 30.7 Å². The van der Waals surface area contributed by atoms with Crippen molar-refractivity contribution in [2.75, 3.05) is 4.43 Å². The van der Waals surface area contributed by atoms with Gasteiger partial charge in [0.2, 0.25) is 11.8 Å². The van der Waals surface area contributed by atoms with Crippen molar-refractivity contribution in [2.24, 2.45) is 0 Å². The van der Waals surface area contributed by atoms with Gasteiger partial charge in [0.15, 0.2) is 23.7 Å². The van der Waals surface area contributed by atoms with Crippen LogP contribution in [0.3, 0.4) is 0 Å². The summed E-state index contributed by atoms with van der Waals surface area (Å²) >= 11 is 1.66. The summed E-state index contributed by atoms with van der Waals surface area (Å²) in [6.45, 7) is 3.28. The third-order valence-corrected chi connectivity index (χ3v) is 4.39. The summed E-state index contributed by atoms with van der Waals surface area (Å²) in [4.78, 5) is 24.0. The lowest BCUT2D eigenvalue weighted by Crippen LogP contribution is -2.55. The standard InChI is InChI=1S/C13H13FINO5/c1-2-4-12(20)10(19)13(14,7-15)21-11(12)16-5-3-8(17)6-9(16)18/h3-5,10-11,19-20H,1,6-7H2/t10-,11+,12+,13+/m0/s1. The van der Waals surface area contributed by atoms with Crippen LogP contribution in [-0.4, -0.2) is 55.0 Å². The maximum atomic E-state index is 14.5. The quantitative estimate of drug-likeness (QED) is 0.301. The van der Waals surface area contributed by atoms with Gasteiger partial charge in [-0.1, -0.05) is 29.2 Å². The molecule has 0 radical (unpaired) electrons. The molecule has 114 valence electrons. The van der Waals surface area contributed by atoms with Gasteiger partial charge < -0.3 is 14.9 Å². The first-order valence-electron chi connectivity index (χ1n) is 6.01. The SMILES string of the molecule is C=C=C[C@]1(O)[C@H](N2C=CC(=O)CC2=O)O[C@](F)(CI)[C@H]1O. The first kappa shape index (κ1) is 16.3. The van der Waals surface area contributed by atoms with Crippen LogP contribution in [0.5, 0.6) is 0 Å². The highest BCUT2D eigenvalue weighted by Gasteiger charge is 2.65. The van der Waals surface area contributed by atoms with E-state index in [1.807, 2.05) is 0 Å². The molecule has 8 heteroatoms. The number of aliphatic hydroxyl groups excluding tert-OH is 1. The van der Waals surface area contributed by atoms with Gasteiger partial charge in [0.1, 0.15) is 0 Å². The van der Waals surface area contributed by atoms with Crippen LogP contribution in [-0.2, 0) is 14.3 Å². The van der Waals surface area contributed by atoms with Crippen LogP contribution < -0.4 is 0 Å². The molecule has 21 heavy (non-hydrogen) atoms. The largest absolute Gasteiger partial charge is 0.384 e. The molecule has 2 rings (SSSR count).